The van der Waals surface area contributed by atoms with E-state index >= 15 is 0 Å². The van der Waals surface area contributed by atoms with Gasteiger partial charge < -0.3 is 10.2 Å². The van der Waals surface area contributed by atoms with Gasteiger partial charge >= 0.3 is 0 Å². The summed E-state index contributed by atoms with van der Waals surface area (Å²) in [6.07, 6.45) is 0.740. The number of furan rings is 1. The third-order valence-corrected chi connectivity index (χ3v) is 3.45. The van der Waals surface area contributed by atoms with Crippen LogP contribution in [0.2, 0.25) is 0 Å². The first kappa shape index (κ1) is 13.4. The summed E-state index contributed by atoms with van der Waals surface area (Å²) < 4.78 is 8.69. The second kappa shape index (κ2) is 4.76. The zero-order chi connectivity index (χ0) is 15.1. The van der Waals surface area contributed by atoms with Gasteiger partial charge in [0.25, 0.3) is 5.56 Å². The molecular formula is C14H16N4O3. The van der Waals surface area contributed by atoms with Gasteiger partial charge in [-0.25, -0.2) is 4.68 Å². The molecule has 0 aliphatic heterocycles. The number of aromatic nitrogens is 3. The number of rotatable bonds is 4. The van der Waals surface area contributed by atoms with Gasteiger partial charge in [-0.2, -0.15) is 5.10 Å². The summed E-state index contributed by atoms with van der Waals surface area (Å²) in [6, 6.07) is 3.60. The van der Waals surface area contributed by atoms with Crippen LogP contribution < -0.4 is 11.3 Å². The van der Waals surface area contributed by atoms with Gasteiger partial charge in [0.2, 0.25) is 5.91 Å². The molecule has 3 aromatic rings. The molecule has 0 bridgehead atoms. The van der Waals surface area contributed by atoms with Crippen LogP contribution in [0.15, 0.2) is 21.3 Å². The maximum atomic E-state index is 12.4. The van der Waals surface area contributed by atoms with Gasteiger partial charge in [0.15, 0.2) is 5.58 Å². The van der Waals surface area contributed by atoms with E-state index in [2.05, 4.69) is 5.10 Å². The van der Waals surface area contributed by atoms with Crippen LogP contribution in [-0.2, 0) is 17.8 Å². The van der Waals surface area contributed by atoms with Crippen LogP contribution in [0, 0.1) is 6.92 Å². The largest absolute Gasteiger partial charge is 0.460 e. The maximum absolute atomic E-state index is 12.4. The van der Waals surface area contributed by atoms with Crippen LogP contribution in [0.3, 0.4) is 0 Å². The van der Waals surface area contributed by atoms with Crippen LogP contribution in [0.5, 0.6) is 0 Å². The molecule has 0 atom stereocenters. The number of carbonyl (C=O) groups is 1. The lowest BCUT2D eigenvalue weighted by atomic mass is 10.4. The summed E-state index contributed by atoms with van der Waals surface area (Å²) in [6.45, 7) is 4.01. The molecule has 0 fully saturated rings. The summed E-state index contributed by atoms with van der Waals surface area (Å²) >= 11 is 0. The fourth-order valence-electron chi connectivity index (χ4n) is 2.51. The molecule has 3 rings (SSSR count). The van der Waals surface area contributed by atoms with Gasteiger partial charge in [0.1, 0.15) is 17.1 Å². The molecule has 7 heteroatoms. The third-order valence-electron chi connectivity index (χ3n) is 3.45. The van der Waals surface area contributed by atoms with E-state index < -0.39 is 5.91 Å². The minimum absolute atomic E-state index is 0.0855. The van der Waals surface area contributed by atoms with E-state index in [1.54, 1.807) is 6.07 Å². The highest BCUT2D eigenvalue weighted by molar-refractivity contribution is 5.83. The van der Waals surface area contributed by atoms with Crippen molar-refractivity contribution in [2.45, 2.75) is 33.2 Å². The van der Waals surface area contributed by atoms with Gasteiger partial charge in [-0.3, -0.25) is 14.0 Å². The second-order valence-electron chi connectivity index (χ2n) is 4.99. The Morgan fingerprint density at radius 2 is 2.14 bits per heavy atom. The molecule has 1 amide bonds. The van der Waals surface area contributed by atoms with E-state index in [1.807, 2.05) is 24.3 Å². The Morgan fingerprint density at radius 1 is 1.38 bits per heavy atom. The van der Waals surface area contributed by atoms with Crippen molar-refractivity contribution in [1.82, 2.24) is 14.2 Å². The summed E-state index contributed by atoms with van der Waals surface area (Å²) in [4.78, 5) is 23.3. The standard InChI is InChI=1S/C14H16N4O3/c1-3-13-16-17(5-4-12(15)19)14(20)10-7-11-9(18(10)13)6-8(2)21-11/h6-7H,3-5H2,1-2H3,(H2,15,19). The molecule has 110 valence electrons. The third kappa shape index (κ3) is 2.10. The van der Waals surface area contributed by atoms with Gasteiger partial charge in [-0.05, 0) is 6.92 Å². The molecule has 0 saturated heterocycles. The number of primary amides is 1. The molecule has 0 aromatic carbocycles. The number of aryl methyl sites for hydroxylation is 3. The van der Waals surface area contributed by atoms with E-state index in [1.165, 1.54) is 4.68 Å². The Kier molecular flexibility index (Phi) is 3.04. The van der Waals surface area contributed by atoms with Crippen molar-refractivity contribution in [1.29, 1.82) is 0 Å². The lowest BCUT2D eigenvalue weighted by Gasteiger charge is -2.08. The summed E-state index contributed by atoms with van der Waals surface area (Å²) in [5.41, 5.74) is 6.88. The molecule has 3 aromatic heterocycles. The van der Waals surface area contributed by atoms with E-state index in [0.717, 1.165) is 17.1 Å². The molecule has 0 radical (unpaired) electrons. The van der Waals surface area contributed by atoms with Crippen LogP contribution in [-0.4, -0.2) is 20.1 Å². The lowest BCUT2D eigenvalue weighted by molar-refractivity contribution is -0.118. The average Bonchev–Trinajstić information content (AvgIpc) is 2.94. The highest BCUT2D eigenvalue weighted by atomic mass is 16.3. The van der Waals surface area contributed by atoms with E-state index in [-0.39, 0.29) is 18.5 Å². The number of hydrogen-bond donors (Lipinski definition) is 1. The SMILES string of the molecule is CCc1nn(CCC(N)=O)c(=O)c2cc3oc(C)cc3n12. The Labute approximate surface area is 119 Å². The lowest BCUT2D eigenvalue weighted by Crippen LogP contribution is -2.28. The Hall–Kier alpha value is -2.57. The van der Waals surface area contributed by atoms with Crippen molar-refractivity contribution < 1.29 is 9.21 Å². The Bertz CT molecular complexity index is 900. The monoisotopic (exact) mass is 288 g/mol. The first-order chi connectivity index (χ1) is 10.0. The zero-order valence-electron chi connectivity index (χ0n) is 11.9. The highest BCUT2D eigenvalue weighted by Gasteiger charge is 2.16. The molecule has 2 N–H and O–H groups in total. The van der Waals surface area contributed by atoms with Crippen LogP contribution in [0.25, 0.3) is 16.6 Å². The average molecular weight is 288 g/mol. The fraction of sp³-hybridized carbons (Fsp3) is 0.357. The fourth-order valence-corrected chi connectivity index (χ4v) is 2.51. The number of nitrogens with two attached hydrogens (primary N) is 1. The van der Waals surface area contributed by atoms with Crippen molar-refractivity contribution in [3.8, 4) is 0 Å². The number of fused-ring (bicyclic) bond motifs is 3. The van der Waals surface area contributed by atoms with E-state index in [9.17, 15) is 9.59 Å². The summed E-state index contributed by atoms with van der Waals surface area (Å²) in [5, 5.41) is 4.34. The van der Waals surface area contributed by atoms with Crippen LogP contribution in [0.4, 0.5) is 0 Å². The van der Waals surface area contributed by atoms with Crippen molar-refractivity contribution in [3.63, 3.8) is 0 Å². The number of hydrogen-bond acceptors (Lipinski definition) is 4. The first-order valence-corrected chi connectivity index (χ1v) is 6.81. The molecule has 0 aliphatic carbocycles. The number of amides is 1. The molecular weight excluding hydrogens is 272 g/mol. The van der Waals surface area contributed by atoms with Crippen molar-refractivity contribution in [3.05, 3.63) is 34.1 Å². The van der Waals surface area contributed by atoms with Crippen molar-refractivity contribution in [2.24, 2.45) is 5.73 Å². The van der Waals surface area contributed by atoms with Crippen LogP contribution in [0.1, 0.15) is 24.9 Å². The molecule has 0 saturated carbocycles. The van der Waals surface area contributed by atoms with E-state index in [0.29, 0.717) is 17.5 Å². The minimum atomic E-state index is -0.457. The number of nitrogens with zero attached hydrogens (tertiary/aromatic N) is 3. The molecule has 7 nitrogen and oxygen atoms in total. The van der Waals surface area contributed by atoms with Gasteiger partial charge in [-0.1, -0.05) is 6.92 Å². The smallest absolute Gasteiger partial charge is 0.291 e. The number of carbonyl (C=O) groups excluding carboxylic acids is 1. The molecule has 3 heterocycles. The van der Waals surface area contributed by atoms with Crippen molar-refractivity contribution >= 4 is 22.5 Å². The first-order valence-electron chi connectivity index (χ1n) is 6.81. The predicted octanol–water partition coefficient (Wildman–Crippen LogP) is 0.988. The summed E-state index contributed by atoms with van der Waals surface area (Å²) in [5.74, 6) is 1.07. The van der Waals surface area contributed by atoms with Crippen molar-refractivity contribution in [2.75, 3.05) is 0 Å². The summed E-state index contributed by atoms with van der Waals surface area (Å²) in [7, 11) is 0. The minimum Gasteiger partial charge on any atom is -0.460 e. The van der Waals surface area contributed by atoms with E-state index in [4.69, 9.17) is 10.2 Å². The maximum Gasteiger partial charge on any atom is 0.291 e. The van der Waals surface area contributed by atoms with Crippen LogP contribution >= 0.6 is 0 Å². The highest BCUT2D eigenvalue weighted by Crippen LogP contribution is 2.23. The van der Waals surface area contributed by atoms with Gasteiger partial charge in [0.05, 0.1) is 12.1 Å². The molecule has 0 unspecified atom stereocenters. The molecule has 0 spiro atoms. The Morgan fingerprint density at radius 3 is 2.81 bits per heavy atom. The molecule has 0 aliphatic rings. The Balaban J connectivity index is 2.27. The zero-order valence-corrected chi connectivity index (χ0v) is 11.9. The molecule has 21 heavy (non-hydrogen) atoms. The second-order valence-corrected chi connectivity index (χ2v) is 4.99. The predicted molar refractivity (Wildman–Crippen MR) is 77.2 cm³/mol. The normalized spacial score (nSPS) is 11.5. The van der Waals surface area contributed by atoms with Gasteiger partial charge in [-0.15, -0.1) is 0 Å². The van der Waals surface area contributed by atoms with Gasteiger partial charge in [0, 0.05) is 25.0 Å². The topological polar surface area (TPSA) is 95.5 Å². The quantitative estimate of drug-likeness (QED) is 0.774.